The van der Waals surface area contributed by atoms with E-state index in [2.05, 4.69) is 9.97 Å². The molecule has 0 aliphatic carbocycles. The van der Waals surface area contributed by atoms with Crippen molar-refractivity contribution in [2.45, 2.75) is 26.2 Å². The Balaban J connectivity index is 2.47. The van der Waals surface area contributed by atoms with Crippen LogP contribution in [-0.4, -0.2) is 21.0 Å². The Kier molecular flexibility index (Phi) is 3.14. The van der Waals surface area contributed by atoms with Gasteiger partial charge in [-0.1, -0.05) is 0 Å². The molecule has 0 fully saturated rings. The molecule has 0 radical (unpaired) electrons. The predicted molar refractivity (Wildman–Crippen MR) is 69.4 cm³/mol. The quantitative estimate of drug-likeness (QED) is 0.893. The molecule has 1 aromatic carbocycles. The molecule has 0 atom stereocenters. The Bertz CT molecular complexity index is 615. The van der Waals surface area contributed by atoms with Gasteiger partial charge in [0.2, 0.25) is 0 Å². The smallest absolute Gasteiger partial charge is 0.316 e. The lowest BCUT2D eigenvalue weighted by atomic mass is 9.93. The molecule has 5 heteroatoms. The molecule has 0 amide bonds. The van der Waals surface area contributed by atoms with E-state index in [1.807, 2.05) is 6.92 Å². The first-order valence-electron chi connectivity index (χ1n) is 5.89. The van der Waals surface area contributed by atoms with Crippen LogP contribution >= 0.6 is 0 Å². The van der Waals surface area contributed by atoms with Gasteiger partial charge in [0.25, 0.3) is 0 Å². The van der Waals surface area contributed by atoms with Crippen molar-refractivity contribution in [3.05, 3.63) is 41.6 Å². The van der Waals surface area contributed by atoms with E-state index < -0.39 is 11.4 Å². The number of imidazole rings is 1. The second-order valence-electron chi connectivity index (χ2n) is 5.00. The summed E-state index contributed by atoms with van der Waals surface area (Å²) in [4.78, 5) is 18.6. The highest BCUT2D eigenvalue weighted by molar-refractivity contribution is 5.79. The minimum Gasteiger partial charge on any atom is -0.481 e. The van der Waals surface area contributed by atoms with Gasteiger partial charge in [0, 0.05) is 11.3 Å². The van der Waals surface area contributed by atoms with Crippen LogP contribution in [0.2, 0.25) is 0 Å². The van der Waals surface area contributed by atoms with Crippen LogP contribution in [0.1, 0.15) is 25.4 Å². The third kappa shape index (κ3) is 2.36. The summed E-state index contributed by atoms with van der Waals surface area (Å²) in [6.07, 6.45) is 0. The van der Waals surface area contributed by atoms with E-state index >= 15 is 0 Å². The summed E-state index contributed by atoms with van der Waals surface area (Å²) in [5.74, 6) is -0.883. The van der Waals surface area contributed by atoms with E-state index in [4.69, 9.17) is 0 Å². The van der Waals surface area contributed by atoms with Crippen LogP contribution < -0.4 is 0 Å². The third-order valence-electron chi connectivity index (χ3n) is 3.13. The first-order chi connectivity index (χ1) is 8.82. The lowest BCUT2D eigenvalue weighted by molar-refractivity contribution is -0.142. The molecule has 0 aliphatic heterocycles. The van der Waals surface area contributed by atoms with E-state index in [1.165, 1.54) is 12.1 Å². The van der Waals surface area contributed by atoms with Crippen LogP contribution in [0, 0.1) is 12.7 Å². The maximum atomic E-state index is 12.9. The van der Waals surface area contributed by atoms with Crippen molar-refractivity contribution in [1.29, 1.82) is 0 Å². The monoisotopic (exact) mass is 262 g/mol. The molecule has 100 valence electrons. The average Bonchev–Trinajstić information content (AvgIpc) is 2.73. The number of carboxylic acid groups (broad SMARTS) is 1. The minimum atomic E-state index is -1.09. The van der Waals surface area contributed by atoms with Gasteiger partial charge in [-0.25, -0.2) is 9.37 Å². The second-order valence-corrected chi connectivity index (χ2v) is 5.00. The Morgan fingerprint density at radius 3 is 2.42 bits per heavy atom. The molecule has 2 N–H and O–H groups in total. The van der Waals surface area contributed by atoms with Gasteiger partial charge in [-0.2, -0.15) is 0 Å². The molecule has 4 nitrogen and oxygen atoms in total. The maximum absolute atomic E-state index is 12.9. The summed E-state index contributed by atoms with van der Waals surface area (Å²) < 4.78 is 12.9. The number of rotatable bonds is 3. The van der Waals surface area contributed by atoms with Crippen molar-refractivity contribution in [2.24, 2.45) is 0 Å². The van der Waals surface area contributed by atoms with E-state index in [-0.39, 0.29) is 5.82 Å². The van der Waals surface area contributed by atoms with Crippen LogP contribution in [0.15, 0.2) is 24.3 Å². The van der Waals surface area contributed by atoms with E-state index in [1.54, 1.807) is 26.0 Å². The summed E-state index contributed by atoms with van der Waals surface area (Å²) >= 11 is 0. The number of aromatic nitrogens is 2. The number of benzene rings is 1. The molecular formula is C14H15FN2O2. The topological polar surface area (TPSA) is 66.0 Å². The Hall–Kier alpha value is -2.17. The van der Waals surface area contributed by atoms with Crippen molar-refractivity contribution in [3.63, 3.8) is 0 Å². The van der Waals surface area contributed by atoms with Crippen molar-refractivity contribution in [3.8, 4) is 11.3 Å². The molecule has 1 heterocycles. The van der Waals surface area contributed by atoms with Crippen molar-refractivity contribution < 1.29 is 14.3 Å². The zero-order chi connectivity index (χ0) is 14.2. The van der Waals surface area contributed by atoms with Gasteiger partial charge in [0.15, 0.2) is 0 Å². The number of aliphatic carboxylic acids is 1. The molecule has 0 saturated carbocycles. The normalized spacial score (nSPS) is 11.6. The Morgan fingerprint density at radius 2 is 1.89 bits per heavy atom. The van der Waals surface area contributed by atoms with Crippen LogP contribution in [0.3, 0.4) is 0 Å². The number of carbonyl (C=O) groups is 1. The summed E-state index contributed by atoms with van der Waals surface area (Å²) in [5.41, 5.74) is 1.06. The Morgan fingerprint density at radius 1 is 1.32 bits per heavy atom. The number of aromatic amines is 1. The minimum absolute atomic E-state index is 0.317. The van der Waals surface area contributed by atoms with Gasteiger partial charge in [0.05, 0.1) is 5.69 Å². The van der Waals surface area contributed by atoms with Gasteiger partial charge >= 0.3 is 5.97 Å². The fraction of sp³-hybridized carbons (Fsp3) is 0.286. The van der Waals surface area contributed by atoms with Gasteiger partial charge in [0.1, 0.15) is 17.1 Å². The Labute approximate surface area is 110 Å². The number of aryl methyl sites for hydroxylation is 1. The lowest BCUT2D eigenvalue weighted by Gasteiger charge is -2.15. The van der Waals surface area contributed by atoms with Gasteiger partial charge in [-0.05, 0) is 45.0 Å². The summed E-state index contributed by atoms with van der Waals surface area (Å²) in [7, 11) is 0. The molecule has 0 bridgehead atoms. The molecule has 0 spiro atoms. The standard InChI is InChI=1S/C14H15FN2O2/c1-8-11(9-4-6-10(15)7-5-9)17-12(16-8)14(2,3)13(18)19/h4-7H,1-3H3,(H,16,17)(H,18,19). The molecule has 0 saturated heterocycles. The third-order valence-corrected chi connectivity index (χ3v) is 3.13. The molecule has 0 unspecified atom stereocenters. The highest BCUT2D eigenvalue weighted by Crippen LogP contribution is 2.27. The van der Waals surface area contributed by atoms with Crippen LogP contribution in [-0.2, 0) is 10.2 Å². The van der Waals surface area contributed by atoms with Gasteiger partial charge < -0.3 is 10.1 Å². The number of hydrogen-bond donors (Lipinski definition) is 2. The molecule has 0 aliphatic rings. The van der Waals surface area contributed by atoms with Gasteiger partial charge in [-0.15, -0.1) is 0 Å². The zero-order valence-electron chi connectivity index (χ0n) is 11.0. The molecule has 2 rings (SSSR count). The number of H-pyrrole nitrogens is 1. The first kappa shape index (κ1) is 13.3. The average molecular weight is 262 g/mol. The molecular weight excluding hydrogens is 247 g/mol. The van der Waals surface area contributed by atoms with Gasteiger partial charge in [-0.3, -0.25) is 4.79 Å². The van der Waals surface area contributed by atoms with E-state index in [0.717, 1.165) is 11.3 Å². The highest BCUT2D eigenvalue weighted by Gasteiger charge is 2.33. The zero-order valence-corrected chi connectivity index (χ0v) is 11.0. The van der Waals surface area contributed by atoms with Crippen molar-refractivity contribution >= 4 is 5.97 Å². The lowest BCUT2D eigenvalue weighted by Crippen LogP contribution is -2.29. The summed E-state index contributed by atoms with van der Waals surface area (Å²) in [5, 5.41) is 9.19. The maximum Gasteiger partial charge on any atom is 0.316 e. The molecule has 19 heavy (non-hydrogen) atoms. The first-order valence-corrected chi connectivity index (χ1v) is 5.89. The van der Waals surface area contributed by atoms with Crippen molar-refractivity contribution in [1.82, 2.24) is 9.97 Å². The van der Waals surface area contributed by atoms with E-state index in [9.17, 15) is 14.3 Å². The summed E-state index contributed by atoms with van der Waals surface area (Å²) in [6, 6.07) is 5.95. The highest BCUT2D eigenvalue weighted by atomic mass is 19.1. The molecule has 2 aromatic rings. The number of halogens is 1. The number of hydrogen-bond acceptors (Lipinski definition) is 2. The predicted octanol–water partition coefficient (Wildman–Crippen LogP) is 2.89. The van der Waals surface area contributed by atoms with Crippen LogP contribution in [0.4, 0.5) is 4.39 Å². The fourth-order valence-electron chi connectivity index (χ4n) is 1.75. The largest absolute Gasteiger partial charge is 0.481 e. The number of nitrogens with zero attached hydrogens (tertiary/aromatic N) is 1. The van der Waals surface area contributed by atoms with E-state index in [0.29, 0.717) is 11.5 Å². The summed E-state index contributed by atoms with van der Waals surface area (Å²) in [6.45, 7) is 4.98. The van der Waals surface area contributed by atoms with Crippen molar-refractivity contribution in [2.75, 3.05) is 0 Å². The van der Waals surface area contributed by atoms with Crippen LogP contribution in [0.25, 0.3) is 11.3 Å². The molecule has 1 aromatic heterocycles. The second kappa shape index (κ2) is 4.50. The van der Waals surface area contributed by atoms with Crippen LogP contribution in [0.5, 0.6) is 0 Å². The number of carboxylic acids is 1. The fourth-order valence-corrected chi connectivity index (χ4v) is 1.75. The number of nitrogens with one attached hydrogen (secondary N) is 1. The SMILES string of the molecule is Cc1[nH]c(C(C)(C)C(=O)O)nc1-c1ccc(F)cc1.